The Morgan fingerprint density at radius 3 is 2.67 bits per heavy atom. The fraction of sp³-hybridized carbons (Fsp3) is 0.500. The molecular weight excluding hydrogens is 255 g/mol. The molecule has 1 aliphatic rings. The van der Waals surface area contributed by atoms with Crippen LogP contribution in [0.3, 0.4) is 0 Å². The van der Waals surface area contributed by atoms with Gasteiger partial charge in [-0.15, -0.1) is 0 Å². The summed E-state index contributed by atoms with van der Waals surface area (Å²) in [5.74, 6) is -0.555. The molecule has 0 amide bonds. The van der Waals surface area contributed by atoms with Crippen molar-refractivity contribution >= 4 is 10.0 Å². The number of aryl methyl sites for hydroxylation is 1. The maximum absolute atomic E-state index is 13.1. The summed E-state index contributed by atoms with van der Waals surface area (Å²) in [4.78, 5) is -0.00433. The molecule has 3 N–H and O–H groups in total. The lowest BCUT2D eigenvalue weighted by Gasteiger charge is -2.14. The topological polar surface area (TPSA) is 72.2 Å². The standard InChI is InChI=1S/C12H17FN2O2S/c1-9-2-3-10(13)6-11(9)18(16,17)15-8-12(7-14)4-5-12/h2-3,6,15H,4-5,7-8,14H2,1H3. The minimum atomic E-state index is -3.66. The maximum atomic E-state index is 13.1. The van der Waals surface area contributed by atoms with E-state index in [2.05, 4.69) is 4.72 Å². The van der Waals surface area contributed by atoms with Gasteiger partial charge in [0.25, 0.3) is 0 Å². The van der Waals surface area contributed by atoms with Crippen molar-refractivity contribution in [1.29, 1.82) is 0 Å². The van der Waals surface area contributed by atoms with Crippen LogP contribution in [0.2, 0.25) is 0 Å². The Balaban J connectivity index is 2.18. The van der Waals surface area contributed by atoms with Crippen LogP contribution >= 0.6 is 0 Å². The Hall–Kier alpha value is -0.980. The predicted octanol–water partition coefficient (Wildman–Crippen LogP) is 1.15. The third-order valence-corrected chi connectivity index (χ3v) is 5.01. The summed E-state index contributed by atoms with van der Waals surface area (Å²) in [5, 5.41) is 0. The lowest BCUT2D eigenvalue weighted by Crippen LogP contribution is -2.34. The molecule has 0 saturated heterocycles. The van der Waals surface area contributed by atoms with Gasteiger partial charge in [0, 0.05) is 6.54 Å². The van der Waals surface area contributed by atoms with Crippen molar-refractivity contribution in [3.05, 3.63) is 29.6 Å². The maximum Gasteiger partial charge on any atom is 0.240 e. The van der Waals surface area contributed by atoms with E-state index in [1.807, 2.05) is 0 Å². The Bertz CT molecular complexity index is 553. The van der Waals surface area contributed by atoms with E-state index in [1.165, 1.54) is 12.1 Å². The van der Waals surface area contributed by atoms with Gasteiger partial charge in [-0.3, -0.25) is 0 Å². The van der Waals surface area contributed by atoms with Crippen LogP contribution in [-0.4, -0.2) is 21.5 Å². The average Bonchev–Trinajstić information content (AvgIpc) is 3.11. The van der Waals surface area contributed by atoms with Crippen LogP contribution in [0.5, 0.6) is 0 Å². The number of hydrogen-bond acceptors (Lipinski definition) is 3. The number of sulfonamides is 1. The Morgan fingerprint density at radius 2 is 2.11 bits per heavy atom. The molecule has 0 spiro atoms. The van der Waals surface area contributed by atoms with Crippen LogP contribution in [-0.2, 0) is 10.0 Å². The highest BCUT2D eigenvalue weighted by Gasteiger charge is 2.41. The summed E-state index contributed by atoms with van der Waals surface area (Å²) >= 11 is 0. The summed E-state index contributed by atoms with van der Waals surface area (Å²) in [6.07, 6.45) is 1.88. The van der Waals surface area contributed by atoms with Crippen LogP contribution in [0.4, 0.5) is 4.39 Å². The molecule has 1 aliphatic carbocycles. The normalized spacial score (nSPS) is 17.7. The predicted molar refractivity (Wildman–Crippen MR) is 67.0 cm³/mol. The first-order valence-electron chi connectivity index (χ1n) is 5.84. The molecule has 6 heteroatoms. The van der Waals surface area contributed by atoms with E-state index in [0.717, 1.165) is 18.9 Å². The third kappa shape index (κ3) is 2.71. The van der Waals surface area contributed by atoms with E-state index in [4.69, 9.17) is 5.73 Å². The molecule has 1 aromatic carbocycles. The third-order valence-electron chi connectivity index (χ3n) is 3.47. The lowest BCUT2D eigenvalue weighted by molar-refractivity contribution is 0.500. The second kappa shape index (κ2) is 4.60. The molecule has 0 aromatic heterocycles. The van der Waals surface area contributed by atoms with Crippen LogP contribution < -0.4 is 10.5 Å². The van der Waals surface area contributed by atoms with Gasteiger partial charge in [-0.25, -0.2) is 17.5 Å². The van der Waals surface area contributed by atoms with Gasteiger partial charge in [-0.1, -0.05) is 6.07 Å². The van der Waals surface area contributed by atoms with Crippen molar-refractivity contribution in [1.82, 2.24) is 4.72 Å². The van der Waals surface area contributed by atoms with E-state index < -0.39 is 15.8 Å². The number of hydrogen-bond donors (Lipinski definition) is 2. The molecule has 2 rings (SSSR count). The molecular formula is C12H17FN2O2S. The van der Waals surface area contributed by atoms with Crippen LogP contribution in [0.1, 0.15) is 18.4 Å². The van der Waals surface area contributed by atoms with Crippen molar-refractivity contribution in [2.24, 2.45) is 11.1 Å². The smallest absolute Gasteiger partial charge is 0.240 e. The summed E-state index contributed by atoms with van der Waals surface area (Å²) < 4.78 is 39.8. The minimum absolute atomic E-state index is 0.00433. The number of benzene rings is 1. The number of halogens is 1. The van der Waals surface area contributed by atoms with Gasteiger partial charge in [0.2, 0.25) is 10.0 Å². The van der Waals surface area contributed by atoms with Gasteiger partial charge >= 0.3 is 0 Å². The lowest BCUT2D eigenvalue weighted by atomic mass is 10.1. The summed E-state index contributed by atoms with van der Waals surface area (Å²) in [6, 6.07) is 3.75. The molecule has 0 bridgehead atoms. The summed E-state index contributed by atoms with van der Waals surface area (Å²) in [6.45, 7) is 2.43. The van der Waals surface area contributed by atoms with E-state index in [-0.39, 0.29) is 10.3 Å². The van der Waals surface area contributed by atoms with Gasteiger partial charge in [-0.05, 0) is 49.4 Å². The zero-order chi connectivity index (χ0) is 13.4. The molecule has 0 radical (unpaired) electrons. The molecule has 0 aliphatic heterocycles. The fourth-order valence-electron chi connectivity index (χ4n) is 1.82. The zero-order valence-electron chi connectivity index (χ0n) is 10.2. The van der Waals surface area contributed by atoms with Crippen molar-refractivity contribution in [3.63, 3.8) is 0 Å². The minimum Gasteiger partial charge on any atom is -0.330 e. The van der Waals surface area contributed by atoms with Crippen molar-refractivity contribution in [3.8, 4) is 0 Å². The molecule has 18 heavy (non-hydrogen) atoms. The Labute approximate surface area is 106 Å². The molecule has 1 fully saturated rings. The van der Waals surface area contributed by atoms with E-state index in [9.17, 15) is 12.8 Å². The molecule has 1 saturated carbocycles. The molecule has 0 heterocycles. The van der Waals surface area contributed by atoms with Crippen molar-refractivity contribution in [2.45, 2.75) is 24.7 Å². The largest absolute Gasteiger partial charge is 0.330 e. The van der Waals surface area contributed by atoms with E-state index in [0.29, 0.717) is 18.7 Å². The van der Waals surface area contributed by atoms with Crippen LogP contribution in [0.15, 0.2) is 23.1 Å². The first-order chi connectivity index (χ1) is 8.38. The van der Waals surface area contributed by atoms with Gasteiger partial charge in [0.1, 0.15) is 5.82 Å². The highest BCUT2D eigenvalue weighted by atomic mass is 32.2. The molecule has 100 valence electrons. The number of nitrogens with one attached hydrogen (secondary N) is 1. The van der Waals surface area contributed by atoms with Crippen molar-refractivity contribution in [2.75, 3.05) is 13.1 Å². The highest BCUT2D eigenvalue weighted by molar-refractivity contribution is 7.89. The highest BCUT2D eigenvalue weighted by Crippen LogP contribution is 2.43. The fourth-order valence-corrected chi connectivity index (χ4v) is 3.23. The van der Waals surface area contributed by atoms with E-state index >= 15 is 0 Å². The Morgan fingerprint density at radius 1 is 1.44 bits per heavy atom. The van der Waals surface area contributed by atoms with Crippen LogP contribution in [0.25, 0.3) is 0 Å². The zero-order valence-corrected chi connectivity index (χ0v) is 11.1. The number of nitrogens with two attached hydrogens (primary N) is 1. The summed E-state index contributed by atoms with van der Waals surface area (Å²) in [5.41, 5.74) is 6.04. The Kier molecular flexibility index (Phi) is 3.44. The average molecular weight is 272 g/mol. The monoisotopic (exact) mass is 272 g/mol. The van der Waals surface area contributed by atoms with Crippen molar-refractivity contribution < 1.29 is 12.8 Å². The quantitative estimate of drug-likeness (QED) is 0.844. The first-order valence-corrected chi connectivity index (χ1v) is 7.33. The SMILES string of the molecule is Cc1ccc(F)cc1S(=O)(=O)NCC1(CN)CC1. The second-order valence-electron chi connectivity index (χ2n) is 4.94. The van der Waals surface area contributed by atoms with Gasteiger partial charge in [-0.2, -0.15) is 0 Å². The molecule has 0 unspecified atom stereocenters. The first kappa shape index (κ1) is 13.5. The van der Waals surface area contributed by atoms with Crippen LogP contribution in [0, 0.1) is 18.2 Å². The van der Waals surface area contributed by atoms with Gasteiger partial charge < -0.3 is 5.73 Å². The number of rotatable bonds is 5. The summed E-state index contributed by atoms with van der Waals surface area (Å²) in [7, 11) is -3.66. The van der Waals surface area contributed by atoms with E-state index in [1.54, 1.807) is 6.92 Å². The van der Waals surface area contributed by atoms with Gasteiger partial charge in [0.05, 0.1) is 4.90 Å². The molecule has 1 aromatic rings. The second-order valence-corrected chi connectivity index (χ2v) is 6.67. The molecule has 0 atom stereocenters. The van der Waals surface area contributed by atoms with Gasteiger partial charge in [0.15, 0.2) is 0 Å². The molecule has 4 nitrogen and oxygen atoms in total.